The van der Waals surface area contributed by atoms with E-state index in [1.807, 2.05) is 0 Å². The molecule has 5 nitrogen and oxygen atoms in total. The van der Waals surface area contributed by atoms with E-state index in [1.165, 1.54) is 18.3 Å². The Bertz CT molecular complexity index is 573. The van der Waals surface area contributed by atoms with E-state index in [1.54, 1.807) is 18.3 Å². The fourth-order valence-corrected chi connectivity index (χ4v) is 1.34. The summed E-state index contributed by atoms with van der Waals surface area (Å²) in [5.41, 5.74) is 5.62. The van der Waals surface area contributed by atoms with E-state index in [0.29, 0.717) is 5.75 Å². The van der Waals surface area contributed by atoms with Crippen molar-refractivity contribution in [3.8, 4) is 11.5 Å². The van der Waals surface area contributed by atoms with Crippen LogP contribution in [0.2, 0.25) is 0 Å². The van der Waals surface area contributed by atoms with E-state index in [2.05, 4.69) is 10.1 Å². The molecule has 92 valence electrons. The molecular formula is C12H10FN3O2. The number of aromatic nitrogens is 1. The number of nitrogens with zero attached hydrogens (tertiary/aromatic N) is 2. The number of nitrogens with two attached hydrogens (primary N) is 1. The second-order valence-corrected chi connectivity index (χ2v) is 3.42. The molecule has 0 unspecified atom stereocenters. The van der Waals surface area contributed by atoms with Gasteiger partial charge in [0.25, 0.3) is 0 Å². The second-order valence-electron chi connectivity index (χ2n) is 3.42. The molecule has 3 N–H and O–H groups in total. The number of hydrogen-bond acceptors (Lipinski definition) is 4. The third-order valence-electron chi connectivity index (χ3n) is 2.20. The number of ether oxygens (including phenoxy) is 1. The molecule has 1 aromatic carbocycles. The smallest absolute Gasteiger partial charge is 0.170 e. The van der Waals surface area contributed by atoms with Crippen LogP contribution in [0.4, 0.5) is 4.39 Å². The topological polar surface area (TPSA) is 80.7 Å². The van der Waals surface area contributed by atoms with Gasteiger partial charge in [0.05, 0.1) is 6.20 Å². The van der Waals surface area contributed by atoms with Gasteiger partial charge in [-0.1, -0.05) is 5.16 Å². The number of hydrogen-bond donors (Lipinski definition) is 2. The molecule has 6 heteroatoms. The highest BCUT2D eigenvalue weighted by molar-refractivity contribution is 5.97. The maximum absolute atomic E-state index is 13.7. The zero-order valence-corrected chi connectivity index (χ0v) is 9.25. The molecule has 0 fully saturated rings. The number of pyridine rings is 1. The summed E-state index contributed by atoms with van der Waals surface area (Å²) in [5.74, 6) is -0.310. The van der Waals surface area contributed by atoms with Gasteiger partial charge in [0.15, 0.2) is 17.4 Å². The van der Waals surface area contributed by atoms with Crippen LogP contribution in [0.15, 0.2) is 47.9 Å². The first-order valence-corrected chi connectivity index (χ1v) is 5.06. The summed E-state index contributed by atoms with van der Waals surface area (Å²) < 4.78 is 19.0. The maximum Gasteiger partial charge on any atom is 0.170 e. The van der Waals surface area contributed by atoms with Gasteiger partial charge >= 0.3 is 0 Å². The third kappa shape index (κ3) is 2.54. The van der Waals surface area contributed by atoms with E-state index in [-0.39, 0.29) is 17.1 Å². The van der Waals surface area contributed by atoms with Crippen molar-refractivity contribution >= 4 is 5.84 Å². The van der Waals surface area contributed by atoms with E-state index in [0.717, 1.165) is 6.07 Å². The van der Waals surface area contributed by atoms with Crippen LogP contribution in [0.1, 0.15) is 5.56 Å². The SMILES string of the molecule is N/C(=N\O)c1ccc(Oc2cccnc2)c(F)c1. The lowest BCUT2D eigenvalue weighted by Crippen LogP contribution is -2.13. The van der Waals surface area contributed by atoms with Crippen LogP contribution >= 0.6 is 0 Å². The highest BCUT2D eigenvalue weighted by Crippen LogP contribution is 2.24. The zero-order chi connectivity index (χ0) is 13.0. The first-order chi connectivity index (χ1) is 8.70. The second kappa shape index (κ2) is 5.13. The van der Waals surface area contributed by atoms with Gasteiger partial charge in [-0.15, -0.1) is 0 Å². The van der Waals surface area contributed by atoms with Crippen LogP contribution in [0.25, 0.3) is 0 Å². The predicted molar refractivity (Wildman–Crippen MR) is 63.2 cm³/mol. The largest absolute Gasteiger partial charge is 0.453 e. The van der Waals surface area contributed by atoms with Crippen LogP contribution in [-0.2, 0) is 0 Å². The molecule has 1 aromatic heterocycles. The third-order valence-corrected chi connectivity index (χ3v) is 2.20. The molecule has 18 heavy (non-hydrogen) atoms. The summed E-state index contributed by atoms with van der Waals surface area (Å²) in [6.45, 7) is 0. The average molecular weight is 247 g/mol. The Balaban J connectivity index is 2.26. The molecule has 0 aliphatic carbocycles. The van der Waals surface area contributed by atoms with Gasteiger partial charge in [-0.05, 0) is 30.3 Å². The van der Waals surface area contributed by atoms with Crippen molar-refractivity contribution in [3.05, 3.63) is 54.1 Å². The van der Waals surface area contributed by atoms with E-state index in [9.17, 15) is 4.39 Å². The Labute approximate surface area is 102 Å². The Kier molecular flexibility index (Phi) is 3.38. The summed E-state index contributed by atoms with van der Waals surface area (Å²) in [6, 6.07) is 7.35. The van der Waals surface area contributed by atoms with Gasteiger partial charge in [0.2, 0.25) is 0 Å². The van der Waals surface area contributed by atoms with Crippen molar-refractivity contribution < 1.29 is 14.3 Å². The summed E-state index contributed by atoms with van der Waals surface area (Å²) in [4.78, 5) is 3.85. The molecule has 0 saturated heterocycles. The quantitative estimate of drug-likeness (QED) is 0.376. The van der Waals surface area contributed by atoms with Crippen LogP contribution in [0.5, 0.6) is 11.5 Å². The van der Waals surface area contributed by atoms with Gasteiger partial charge in [-0.25, -0.2) is 4.39 Å². The number of oxime groups is 1. The normalized spacial score (nSPS) is 11.3. The van der Waals surface area contributed by atoms with E-state index in [4.69, 9.17) is 15.7 Å². The molecule has 0 bridgehead atoms. The molecular weight excluding hydrogens is 237 g/mol. The minimum Gasteiger partial charge on any atom is -0.453 e. The van der Waals surface area contributed by atoms with Gasteiger partial charge in [0, 0.05) is 11.8 Å². The van der Waals surface area contributed by atoms with Crippen LogP contribution in [0, 0.1) is 5.82 Å². The lowest BCUT2D eigenvalue weighted by Gasteiger charge is -2.07. The van der Waals surface area contributed by atoms with Crippen molar-refractivity contribution in [2.75, 3.05) is 0 Å². The highest BCUT2D eigenvalue weighted by Gasteiger charge is 2.08. The molecule has 2 rings (SSSR count). The van der Waals surface area contributed by atoms with E-state index < -0.39 is 5.82 Å². The van der Waals surface area contributed by atoms with Gasteiger partial charge in [-0.3, -0.25) is 4.98 Å². The minimum absolute atomic E-state index is 0.0393. The molecule has 2 aromatic rings. The number of rotatable bonds is 3. The standard InChI is InChI=1S/C12H10FN3O2/c13-10-6-8(12(14)16-17)3-4-11(10)18-9-2-1-5-15-7-9/h1-7,17H,(H2,14,16). The molecule has 1 heterocycles. The summed E-state index contributed by atoms with van der Waals surface area (Å²) in [7, 11) is 0. The summed E-state index contributed by atoms with van der Waals surface area (Å²) >= 11 is 0. The van der Waals surface area contributed by atoms with Crippen molar-refractivity contribution in [1.29, 1.82) is 0 Å². The maximum atomic E-state index is 13.7. The first kappa shape index (κ1) is 11.8. The van der Waals surface area contributed by atoms with Crippen molar-refractivity contribution in [2.24, 2.45) is 10.9 Å². The molecule has 0 amide bonds. The van der Waals surface area contributed by atoms with Crippen molar-refractivity contribution in [3.63, 3.8) is 0 Å². The Morgan fingerprint density at radius 1 is 1.39 bits per heavy atom. The van der Waals surface area contributed by atoms with Crippen LogP contribution in [-0.4, -0.2) is 16.0 Å². The Morgan fingerprint density at radius 2 is 2.22 bits per heavy atom. The first-order valence-electron chi connectivity index (χ1n) is 5.06. The number of amidine groups is 1. The molecule has 0 saturated carbocycles. The molecule has 0 aliphatic heterocycles. The van der Waals surface area contributed by atoms with Gasteiger partial charge in [-0.2, -0.15) is 0 Å². The molecule has 0 spiro atoms. The van der Waals surface area contributed by atoms with Crippen LogP contribution in [0.3, 0.4) is 0 Å². The van der Waals surface area contributed by atoms with Crippen molar-refractivity contribution in [2.45, 2.75) is 0 Å². The van der Waals surface area contributed by atoms with Gasteiger partial charge in [0.1, 0.15) is 5.75 Å². The number of halogens is 1. The highest BCUT2D eigenvalue weighted by atomic mass is 19.1. The lowest BCUT2D eigenvalue weighted by molar-refractivity contribution is 0.318. The molecule has 0 atom stereocenters. The monoisotopic (exact) mass is 247 g/mol. The number of benzene rings is 1. The average Bonchev–Trinajstić information content (AvgIpc) is 2.41. The van der Waals surface area contributed by atoms with Crippen LogP contribution < -0.4 is 10.5 Å². The zero-order valence-electron chi connectivity index (χ0n) is 9.25. The fourth-order valence-electron chi connectivity index (χ4n) is 1.34. The predicted octanol–water partition coefficient (Wildman–Crippen LogP) is 2.11. The van der Waals surface area contributed by atoms with Gasteiger partial charge < -0.3 is 15.7 Å². The van der Waals surface area contributed by atoms with E-state index >= 15 is 0 Å². The minimum atomic E-state index is -0.608. The van der Waals surface area contributed by atoms with Crippen molar-refractivity contribution in [1.82, 2.24) is 4.98 Å². The Morgan fingerprint density at radius 3 is 2.83 bits per heavy atom. The summed E-state index contributed by atoms with van der Waals surface area (Å²) in [5, 5.41) is 11.3. The lowest BCUT2D eigenvalue weighted by atomic mass is 10.2. The molecule has 0 aliphatic rings. The Hall–Kier alpha value is -2.63. The summed E-state index contributed by atoms with van der Waals surface area (Å²) in [6.07, 6.45) is 3.06. The fraction of sp³-hybridized carbons (Fsp3) is 0. The molecule has 0 radical (unpaired) electrons.